The molecule has 0 aliphatic heterocycles. The van der Waals surface area contributed by atoms with Crippen molar-refractivity contribution in [2.24, 2.45) is 5.92 Å². The summed E-state index contributed by atoms with van der Waals surface area (Å²) in [5, 5.41) is 0.399. The van der Waals surface area contributed by atoms with Gasteiger partial charge >= 0.3 is 0 Å². The normalized spacial score (nSPS) is 24.7. The molecule has 1 aliphatic rings. The van der Waals surface area contributed by atoms with Gasteiger partial charge in [0.15, 0.2) is 0 Å². The number of halogens is 2. The van der Waals surface area contributed by atoms with Gasteiger partial charge in [-0.2, -0.15) is 0 Å². The fourth-order valence-electron chi connectivity index (χ4n) is 1.94. The molecule has 0 bridgehead atoms. The van der Waals surface area contributed by atoms with Crippen LogP contribution in [0.3, 0.4) is 0 Å². The van der Waals surface area contributed by atoms with Gasteiger partial charge in [-0.15, -0.1) is 11.6 Å². The second kappa shape index (κ2) is 4.71. The van der Waals surface area contributed by atoms with E-state index in [1.807, 2.05) is 18.3 Å². The van der Waals surface area contributed by atoms with Gasteiger partial charge in [0, 0.05) is 25.2 Å². The van der Waals surface area contributed by atoms with E-state index in [0.29, 0.717) is 5.38 Å². The number of hydrogen-bond acceptors (Lipinski definition) is 2. The molecule has 0 N–H and O–H groups in total. The van der Waals surface area contributed by atoms with Crippen molar-refractivity contribution >= 4 is 33.3 Å². The molecular weight excluding hydrogens is 275 g/mol. The Bertz CT molecular complexity index is 339. The van der Waals surface area contributed by atoms with Gasteiger partial charge in [0.2, 0.25) is 0 Å². The average molecular weight is 290 g/mol. The average Bonchev–Trinajstić information content (AvgIpc) is 2.16. The second-order valence-electron chi connectivity index (χ2n) is 4.12. The fraction of sp³-hybridized carbons (Fsp3) is 0.545. The Morgan fingerprint density at radius 2 is 2.33 bits per heavy atom. The molecule has 2 nitrogen and oxygen atoms in total. The van der Waals surface area contributed by atoms with Crippen molar-refractivity contribution in [3.8, 4) is 0 Å². The van der Waals surface area contributed by atoms with Crippen LogP contribution in [0.2, 0.25) is 0 Å². The van der Waals surface area contributed by atoms with Crippen molar-refractivity contribution in [1.29, 1.82) is 0 Å². The predicted octanol–water partition coefficient (Wildman–Crippen LogP) is 3.30. The Hall–Kier alpha value is -0.280. The predicted molar refractivity (Wildman–Crippen MR) is 67.6 cm³/mol. The van der Waals surface area contributed by atoms with Crippen molar-refractivity contribution in [3.63, 3.8) is 0 Å². The first-order chi connectivity index (χ1) is 7.16. The molecule has 1 fully saturated rings. The van der Waals surface area contributed by atoms with Crippen molar-refractivity contribution in [1.82, 2.24) is 4.98 Å². The zero-order valence-electron chi connectivity index (χ0n) is 8.66. The molecule has 1 saturated carbocycles. The molecule has 4 heteroatoms. The van der Waals surface area contributed by atoms with Crippen LogP contribution >= 0.6 is 27.5 Å². The van der Waals surface area contributed by atoms with E-state index in [0.717, 1.165) is 35.6 Å². The number of rotatable bonds is 3. The topological polar surface area (TPSA) is 16.1 Å². The summed E-state index contributed by atoms with van der Waals surface area (Å²) in [6.07, 6.45) is 4.09. The van der Waals surface area contributed by atoms with Crippen LogP contribution < -0.4 is 4.90 Å². The summed E-state index contributed by atoms with van der Waals surface area (Å²) in [7, 11) is 2.08. The van der Waals surface area contributed by atoms with Crippen LogP contribution in [0, 0.1) is 5.92 Å². The van der Waals surface area contributed by atoms with Gasteiger partial charge in [-0.3, -0.25) is 0 Å². The van der Waals surface area contributed by atoms with Crippen LogP contribution in [-0.4, -0.2) is 24.0 Å². The SMILES string of the molecule is CN(CC1CC(Cl)C1)c1ncccc1Br. The van der Waals surface area contributed by atoms with E-state index in [-0.39, 0.29) is 0 Å². The number of alkyl halides is 1. The van der Waals surface area contributed by atoms with Crippen LogP contribution in [-0.2, 0) is 0 Å². The third-order valence-corrected chi connectivity index (χ3v) is 3.79. The molecular formula is C11H14BrClN2. The largest absolute Gasteiger partial charge is 0.358 e. The summed E-state index contributed by atoms with van der Waals surface area (Å²) >= 11 is 9.47. The summed E-state index contributed by atoms with van der Waals surface area (Å²) in [6.45, 7) is 1.04. The molecule has 1 heterocycles. The number of nitrogens with zero attached hydrogens (tertiary/aromatic N) is 2. The highest BCUT2D eigenvalue weighted by atomic mass is 79.9. The summed E-state index contributed by atoms with van der Waals surface area (Å²) in [4.78, 5) is 6.55. The van der Waals surface area contributed by atoms with Crippen LogP contribution in [0.5, 0.6) is 0 Å². The minimum absolute atomic E-state index is 0.399. The Kier molecular flexibility index (Phi) is 3.52. The third-order valence-electron chi connectivity index (χ3n) is 2.81. The first-order valence-corrected chi connectivity index (χ1v) is 6.35. The number of anilines is 1. The van der Waals surface area contributed by atoms with Crippen LogP contribution in [0.25, 0.3) is 0 Å². The molecule has 0 spiro atoms. The molecule has 0 atom stereocenters. The van der Waals surface area contributed by atoms with Gasteiger partial charge in [-0.05, 0) is 46.8 Å². The minimum Gasteiger partial charge on any atom is -0.358 e. The Morgan fingerprint density at radius 1 is 1.60 bits per heavy atom. The molecule has 0 amide bonds. The lowest BCUT2D eigenvalue weighted by atomic mass is 9.84. The van der Waals surface area contributed by atoms with E-state index < -0.39 is 0 Å². The second-order valence-corrected chi connectivity index (χ2v) is 5.60. The smallest absolute Gasteiger partial charge is 0.142 e. The van der Waals surface area contributed by atoms with Crippen LogP contribution in [0.1, 0.15) is 12.8 Å². The third kappa shape index (κ3) is 2.64. The van der Waals surface area contributed by atoms with Gasteiger partial charge < -0.3 is 4.90 Å². The van der Waals surface area contributed by atoms with E-state index in [1.54, 1.807) is 0 Å². The van der Waals surface area contributed by atoms with Crippen molar-refractivity contribution in [2.75, 3.05) is 18.5 Å². The monoisotopic (exact) mass is 288 g/mol. The zero-order valence-corrected chi connectivity index (χ0v) is 11.0. The van der Waals surface area contributed by atoms with Gasteiger partial charge in [0.25, 0.3) is 0 Å². The molecule has 1 aromatic heterocycles. The number of pyridine rings is 1. The van der Waals surface area contributed by atoms with E-state index in [2.05, 4.69) is 32.9 Å². The molecule has 2 rings (SSSR count). The molecule has 15 heavy (non-hydrogen) atoms. The first-order valence-electron chi connectivity index (χ1n) is 5.12. The molecule has 1 aliphatic carbocycles. The lowest BCUT2D eigenvalue weighted by molar-refractivity contribution is 0.328. The van der Waals surface area contributed by atoms with E-state index in [9.17, 15) is 0 Å². The van der Waals surface area contributed by atoms with Crippen molar-refractivity contribution < 1.29 is 0 Å². The Morgan fingerprint density at radius 3 is 2.93 bits per heavy atom. The lowest BCUT2D eigenvalue weighted by Gasteiger charge is -2.34. The van der Waals surface area contributed by atoms with E-state index >= 15 is 0 Å². The fourth-order valence-corrected chi connectivity index (χ4v) is 3.00. The van der Waals surface area contributed by atoms with Crippen molar-refractivity contribution in [3.05, 3.63) is 22.8 Å². The van der Waals surface area contributed by atoms with Gasteiger partial charge in [-0.1, -0.05) is 0 Å². The number of hydrogen-bond donors (Lipinski definition) is 0. The Labute approximate surface area is 104 Å². The summed E-state index contributed by atoms with van der Waals surface area (Å²) < 4.78 is 1.05. The highest BCUT2D eigenvalue weighted by molar-refractivity contribution is 9.10. The first kappa shape index (κ1) is 11.2. The maximum atomic E-state index is 5.96. The van der Waals surface area contributed by atoms with Gasteiger partial charge in [-0.25, -0.2) is 4.98 Å². The molecule has 0 radical (unpaired) electrons. The lowest BCUT2D eigenvalue weighted by Crippen LogP contribution is -2.35. The summed E-state index contributed by atoms with van der Waals surface area (Å²) in [5.74, 6) is 1.74. The van der Waals surface area contributed by atoms with E-state index in [4.69, 9.17) is 11.6 Å². The van der Waals surface area contributed by atoms with Crippen LogP contribution in [0.15, 0.2) is 22.8 Å². The maximum absolute atomic E-state index is 5.96. The molecule has 82 valence electrons. The summed E-state index contributed by atoms with van der Waals surface area (Å²) in [5.41, 5.74) is 0. The van der Waals surface area contributed by atoms with E-state index in [1.165, 1.54) is 0 Å². The molecule has 0 unspecified atom stereocenters. The molecule has 0 aromatic carbocycles. The molecule has 1 aromatic rings. The highest BCUT2D eigenvalue weighted by Crippen LogP contribution is 2.33. The zero-order chi connectivity index (χ0) is 10.8. The summed E-state index contributed by atoms with van der Waals surface area (Å²) in [6, 6.07) is 3.95. The van der Waals surface area contributed by atoms with Crippen molar-refractivity contribution in [2.45, 2.75) is 18.2 Å². The maximum Gasteiger partial charge on any atom is 0.142 e. The minimum atomic E-state index is 0.399. The standard InChI is InChI=1S/C11H14BrClN2/c1-15(7-8-5-9(13)6-8)11-10(12)3-2-4-14-11/h2-4,8-9H,5-7H2,1H3. The van der Waals surface area contributed by atoms with Gasteiger partial charge in [0.05, 0.1) is 4.47 Å². The molecule has 0 saturated heterocycles. The number of aromatic nitrogens is 1. The Balaban J connectivity index is 1.96. The highest BCUT2D eigenvalue weighted by Gasteiger charge is 2.28. The van der Waals surface area contributed by atoms with Gasteiger partial charge in [0.1, 0.15) is 5.82 Å². The quantitative estimate of drug-likeness (QED) is 0.794. The van der Waals surface area contributed by atoms with Crippen LogP contribution in [0.4, 0.5) is 5.82 Å².